The molecule has 6 nitrogen and oxygen atoms in total. The molecule has 2 aliphatic rings. The lowest BCUT2D eigenvalue weighted by atomic mass is 9.97. The molecule has 4 rings (SSSR count). The zero-order chi connectivity index (χ0) is 17.9. The molecule has 3 heterocycles. The van der Waals surface area contributed by atoms with E-state index in [1.54, 1.807) is 11.3 Å². The number of rotatable bonds is 4. The molecule has 0 saturated carbocycles. The number of morpholine rings is 1. The fraction of sp³-hybridized carbons (Fsp3) is 0.474. The number of ether oxygens (including phenoxy) is 1. The van der Waals surface area contributed by atoms with Crippen LogP contribution in [0.4, 0.5) is 10.8 Å². The van der Waals surface area contributed by atoms with Gasteiger partial charge in [-0.05, 0) is 25.0 Å². The lowest BCUT2D eigenvalue weighted by molar-refractivity contribution is -0.122. The van der Waals surface area contributed by atoms with Gasteiger partial charge in [-0.25, -0.2) is 4.98 Å². The summed E-state index contributed by atoms with van der Waals surface area (Å²) in [4.78, 5) is 20.7. The molecular formula is C19H24N4O2S. The van der Waals surface area contributed by atoms with Crippen molar-refractivity contribution in [1.29, 1.82) is 0 Å². The Morgan fingerprint density at radius 3 is 2.42 bits per heavy atom. The first-order valence-corrected chi connectivity index (χ1v) is 10.0. The number of piperidine rings is 1. The Balaban J connectivity index is 1.42. The summed E-state index contributed by atoms with van der Waals surface area (Å²) in [5.74, 6) is -0.164. The largest absolute Gasteiger partial charge is 0.378 e. The Labute approximate surface area is 157 Å². The second-order valence-corrected chi connectivity index (χ2v) is 7.66. The summed E-state index contributed by atoms with van der Waals surface area (Å²) in [6.45, 7) is 5.17. The number of hydrogen-bond acceptors (Lipinski definition) is 6. The summed E-state index contributed by atoms with van der Waals surface area (Å²) in [5.41, 5.74) is 8.80. The van der Waals surface area contributed by atoms with Crippen LogP contribution < -0.4 is 15.5 Å². The SMILES string of the molecule is NC(=O)C1CCN(c2nc(-c3ccc(N4CCOCC4)cc3)cs2)CC1. The number of nitrogens with zero attached hydrogens (tertiary/aromatic N) is 3. The van der Waals surface area contributed by atoms with Crippen LogP contribution in [0.3, 0.4) is 0 Å². The van der Waals surface area contributed by atoms with Crippen molar-refractivity contribution in [2.24, 2.45) is 11.7 Å². The van der Waals surface area contributed by atoms with Crippen LogP contribution in [-0.2, 0) is 9.53 Å². The van der Waals surface area contributed by atoms with Crippen LogP contribution in [0, 0.1) is 5.92 Å². The molecule has 2 N–H and O–H groups in total. The molecule has 2 fully saturated rings. The molecule has 138 valence electrons. The lowest BCUT2D eigenvalue weighted by Gasteiger charge is -2.30. The van der Waals surface area contributed by atoms with Crippen molar-refractivity contribution in [1.82, 2.24) is 4.98 Å². The summed E-state index contributed by atoms with van der Waals surface area (Å²) in [6, 6.07) is 8.61. The fourth-order valence-electron chi connectivity index (χ4n) is 3.56. The number of nitrogens with two attached hydrogens (primary N) is 1. The van der Waals surface area contributed by atoms with E-state index in [0.717, 1.165) is 68.6 Å². The average Bonchev–Trinajstić information content (AvgIpc) is 3.19. The molecule has 7 heteroatoms. The maximum atomic E-state index is 11.3. The maximum Gasteiger partial charge on any atom is 0.220 e. The van der Waals surface area contributed by atoms with Gasteiger partial charge in [0.05, 0.1) is 18.9 Å². The summed E-state index contributed by atoms with van der Waals surface area (Å²) in [7, 11) is 0. The zero-order valence-electron chi connectivity index (χ0n) is 14.8. The molecule has 0 bridgehead atoms. The number of carbonyl (C=O) groups excluding carboxylic acids is 1. The Morgan fingerprint density at radius 2 is 1.77 bits per heavy atom. The molecule has 2 aliphatic heterocycles. The monoisotopic (exact) mass is 372 g/mol. The second kappa shape index (κ2) is 7.63. The number of primary amides is 1. The van der Waals surface area contributed by atoms with Crippen molar-refractivity contribution < 1.29 is 9.53 Å². The first-order chi connectivity index (χ1) is 12.7. The number of hydrogen-bond donors (Lipinski definition) is 1. The highest BCUT2D eigenvalue weighted by molar-refractivity contribution is 7.14. The van der Waals surface area contributed by atoms with Gasteiger partial charge < -0.3 is 20.3 Å². The fourth-order valence-corrected chi connectivity index (χ4v) is 4.45. The Morgan fingerprint density at radius 1 is 1.08 bits per heavy atom. The predicted octanol–water partition coefficient (Wildman–Crippen LogP) is 2.35. The number of thiazole rings is 1. The normalized spacial score (nSPS) is 18.9. The first kappa shape index (κ1) is 17.3. The van der Waals surface area contributed by atoms with Crippen molar-refractivity contribution >= 4 is 28.1 Å². The maximum absolute atomic E-state index is 11.3. The second-order valence-electron chi connectivity index (χ2n) is 6.83. The third kappa shape index (κ3) is 3.68. The highest BCUT2D eigenvalue weighted by atomic mass is 32.1. The molecule has 0 aliphatic carbocycles. The van der Waals surface area contributed by atoms with Crippen molar-refractivity contribution in [2.75, 3.05) is 49.2 Å². The highest BCUT2D eigenvalue weighted by Gasteiger charge is 2.24. The van der Waals surface area contributed by atoms with Crippen molar-refractivity contribution in [3.05, 3.63) is 29.6 Å². The molecule has 0 atom stereocenters. The third-order valence-corrected chi connectivity index (χ3v) is 6.10. The van der Waals surface area contributed by atoms with Gasteiger partial charge in [0.25, 0.3) is 0 Å². The van der Waals surface area contributed by atoms with Gasteiger partial charge in [-0.15, -0.1) is 11.3 Å². The molecule has 0 radical (unpaired) electrons. The number of benzene rings is 1. The Bertz CT molecular complexity index is 747. The van der Waals surface area contributed by atoms with Gasteiger partial charge in [-0.1, -0.05) is 12.1 Å². The van der Waals surface area contributed by atoms with E-state index in [1.165, 1.54) is 5.69 Å². The minimum absolute atomic E-state index is 0.0124. The molecule has 2 saturated heterocycles. The van der Waals surface area contributed by atoms with Gasteiger partial charge in [-0.2, -0.15) is 0 Å². The Kier molecular flexibility index (Phi) is 5.08. The quantitative estimate of drug-likeness (QED) is 0.892. The Hall–Kier alpha value is -2.12. The van der Waals surface area contributed by atoms with Crippen molar-refractivity contribution in [2.45, 2.75) is 12.8 Å². The van der Waals surface area contributed by atoms with E-state index in [2.05, 4.69) is 39.4 Å². The standard InChI is InChI=1S/C19H24N4O2S/c20-18(24)15-5-7-23(8-6-15)19-21-17(13-26-19)14-1-3-16(4-2-14)22-9-11-25-12-10-22/h1-4,13,15H,5-12H2,(H2,20,24). The topological polar surface area (TPSA) is 71.7 Å². The first-order valence-electron chi connectivity index (χ1n) is 9.13. The summed E-state index contributed by atoms with van der Waals surface area (Å²) >= 11 is 1.66. The molecule has 1 aromatic carbocycles. The predicted molar refractivity (Wildman–Crippen MR) is 105 cm³/mol. The van der Waals surface area contributed by atoms with Crippen LogP contribution in [0.1, 0.15) is 12.8 Å². The molecule has 0 unspecified atom stereocenters. The van der Waals surface area contributed by atoms with Crippen molar-refractivity contribution in [3.8, 4) is 11.3 Å². The highest BCUT2D eigenvalue weighted by Crippen LogP contribution is 2.31. The molecule has 2 aromatic rings. The van der Waals surface area contributed by atoms with Gasteiger partial charge in [0.2, 0.25) is 5.91 Å². The minimum atomic E-state index is -0.176. The summed E-state index contributed by atoms with van der Waals surface area (Å²) in [5, 5.41) is 3.14. The summed E-state index contributed by atoms with van der Waals surface area (Å²) < 4.78 is 5.41. The smallest absolute Gasteiger partial charge is 0.220 e. The molecule has 1 amide bonds. The molecule has 1 aromatic heterocycles. The number of anilines is 2. The lowest BCUT2D eigenvalue weighted by Crippen LogP contribution is -2.38. The van der Waals surface area contributed by atoms with E-state index in [0.29, 0.717) is 0 Å². The van der Waals surface area contributed by atoms with Gasteiger partial charge in [0.1, 0.15) is 0 Å². The van der Waals surface area contributed by atoms with E-state index < -0.39 is 0 Å². The van der Waals surface area contributed by atoms with E-state index in [-0.39, 0.29) is 11.8 Å². The van der Waals surface area contributed by atoms with Crippen molar-refractivity contribution in [3.63, 3.8) is 0 Å². The number of amides is 1. The van der Waals surface area contributed by atoms with Crippen LogP contribution in [0.25, 0.3) is 11.3 Å². The zero-order valence-corrected chi connectivity index (χ0v) is 15.6. The number of carbonyl (C=O) groups is 1. The minimum Gasteiger partial charge on any atom is -0.378 e. The average molecular weight is 372 g/mol. The van der Waals surface area contributed by atoms with E-state index in [9.17, 15) is 4.79 Å². The number of aromatic nitrogens is 1. The van der Waals surface area contributed by atoms with Crippen LogP contribution in [0.15, 0.2) is 29.6 Å². The molecule has 26 heavy (non-hydrogen) atoms. The molecule has 0 spiro atoms. The van der Waals surface area contributed by atoms with E-state index in [4.69, 9.17) is 15.5 Å². The van der Waals surface area contributed by atoms with E-state index in [1.807, 2.05) is 0 Å². The van der Waals surface area contributed by atoms with Gasteiger partial charge in [-0.3, -0.25) is 4.79 Å². The van der Waals surface area contributed by atoms with Gasteiger partial charge in [0.15, 0.2) is 5.13 Å². The van der Waals surface area contributed by atoms with Crippen LogP contribution in [0.5, 0.6) is 0 Å². The van der Waals surface area contributed by atoms with Crippen LogP contribution >= 0.6 is 11.3 Å². The molecular weight excluding hydrogens is 348 g/mol. The van der Waals surface area contributed by atoms with Gasteiger partial charge >= 0.3 is 0 Å². The van der Waals surface area contributed by atoms with Crippen LogP contribution in [-0.4, -0.2) is 50.3 Å². The van der Waals surface area contributed by atoms with Gasteiger partial charge in [0, 0.05) is 48.7 Å². The summed E-state index contributed by atoms with van der Waals surface area (Å²) in [6.07, 6.45) is 1.64. The van der Waals surface area contributed by atoms with Crippen LogP contribution in [0.2, 0.25) is 0 Å². The third-order valence-electron chi connectivity index (χ3n) is 5.20. The van der Waals surface area contributed by atoms with E-state index >= 15 is 0 Å².